The summed E-state index contributed by atoms with van der Waals surface area (Å²) in [5.74, 6) is 2.65. The van der Waals surface area contributed by atoms with Gasteiger partial charge in [0.25, 0.3) is 0 Å². The van der Waals surface area contributed by atoms with Crippen LogP contribution in [0.1, 0.15) is 62.8 Å². The Bertz CT molecular complexity index is 825. The van der Waals surface area contributed by atoms with E-state index in [1.54, 1.807) is 20.0 Å². The zero-order valence-electron chi connectivity index (χ0n) is 15.6. The van der Waals surface area contributed by atoms with E-state index in [1.165, 1.54) is 32.1 Å². The van der Waals surface area contributed by atoms with Gasteiger partial charge >= 0.3 is 0 Å². The van der Waals surface area contributed by atoms with Crippen LogP contribution in [-0.2, 0) is 16.8 Å². The fraction of sp³-hybridized carbons (Fsp3) is 0.545. The Balaban J connectivity index is 1.76. The van der Waals surface area contributed by atoms with Gasteiger partial charge < -0.3 is 10.0 Å². The molecule has 1 spiro atoms. The summed E-state index contributed by atoms with van der Waals surface area (Å²) in [6.45, 7) is 5.33. The van der Waals surface area contributed by atoms with Gasteiger partial charge in [0, 0.05) is 31.3 Å². The zero-order chi connectivity index (χ0) is 18.5. The molecule has 1 N–H and O–H groups in total. The van der Waals surface area contributed by atoms with Crippen LogP contribution < -0.4 is 0 Å². The number of aromatic nitrogens is 1. The number of hydrogen-bond acceptors (Lipinski definition) is 4. The lowest BCUT2D eigenvalue weighted by atomic mass is 9.63. The third-order valence-corrected chi connectivity index (χ3v) is 6.43. The molecule has 2 aliphatic carbocycles. The minimum absolute atomic E-state index is 0.00302. The molecule has 1 aromatic heterocycles. The monoisotopic (exact) mass is 350 g/mol. The van der Waals surface area contributed by atoms with E-state index < -0.39 is 5.60 Å². The van der Waals surface area contributed by atoms with Crippen LogP contribution in [0.2, 0.25) is 0 Å². The van der Waals surface area contributed by atoms with Crippen LogP contribution >= 0.6 is 0 Å². The van der Waals surface area contributed by atoms with Crippen LogP contribution in [0.3, 0.4) is 0 Å². The number of carbonyl (C=O) groups is 1. The first-order valence-corrected chi connectivity index (χ1v) is 9.54. The third-order valence-electron chi connectivity index (χ3n) is 6.43. The predicted octanol–water partition coefficient (Wildman–Crippen LogP) is 3.04. The van der Waals surface area contributed by atoms with Crippen molar-refractivity contribution < 1.29 is 9.90 Å². The summed E-state index contributed by atoms with van der Waals surface area (Å²) in [6, 6.07) is 1.92. The van der Waals surface area contributed by atoms with Gasteiger partial charge in [-0.05, 0) is 56.6 Å². The maximum absolute atomic E-state index is 12.6. The molecule has 1 aromatic rings. The Morgan fingerprint density at radius 1 is 1.27 bits per heavy atom. The van der Waals surface area contributed by atoms with Gasteiger partial charge in [-0.1, -0.05) is 12.3 Å². The summed E-state index contributed by atoms with van der Waals surface area (Å²) >= 11 is 0. The smallest absolute Gasteiger partial charge is 0.177 e. The van der Waals surface area contributed by atoms with Crippen LogP contribution in [0.5, 0.6) is 0 Å². The quantitative estimate of drug-likeness (QED) is 0.833. The second-order valence-electron chi connectivity index (χ2n) is 8.59. The second kappa shape index (κ2) is 5.96. The topological polar surface area (TPSA) is 53.4 Å². The maximum atomic E-state index is 12.6. The van der Waals surface area contributed by atoms with Gasteiger partial charge in [0.05, 0.1) is 17.0 Å². The minimum atomic E-state index is -1.03. The zero-order valence-corrected chi connectivity index (χ0v) is 15.6. The van der Waals surface area contributed by atoms with E-state index in [0.29, 0.717) is 16.7 Å². The Morgan fingerprint density at radius 3 is 2.50 bits per heavy atom. The van der Waals surface area contributed by atoms with Crippen molar-refractivity contribution in [2.75, 3.05) is 13.1 Å². The van der Waals surface area contributed by atoms with E-state index in [0.717, 1.165) is 29.9 Å². The lowest BCUT2D eigenvalue weighted by Gasteiger charge is -2.49. The molecule has 0 atom stereocenters. The highest BCUT2D eigenvalue weighted by atomic mass is 16.3. The molecule has 4 nitrogen and oxygen atoms in total. The van der Waals surface area contributed by atoms with E-state index in [9.17, 15) is 9.90 Å². The minimum Gasteiger partial charge on any atom is -0.384 e. The van der Waals surface area contributed by atoms with Crippen LogP contribution in [-0.4, -0.2) is 33.9 Å². The highest BCUT2D eigenvalue weighted by Crippen LogP contribution is 2.50. The lowest BCUT2D eigenvalue weighted by Crippen LogP contribution is -2.43. The first-order valence-electron chi connectivity index (χ1n) is 9.54. The van der Waals surface area contributed by atoms with Gasteiger partial charge in [-0.3, -0.25) is 9.78 Å². The van der Waals surface area contributed by atoms with Gasteiger partial charge in [-0.15, -0.1) is 6.42 Å². The van der Waals surface area contributed by atoms with Crippen molar-refractivity contribution in [3.63, 3.8) is 0 Å². The number of nitrogens with zero attached hydrogens (tertiary/aromatic N) is 2. The van der Waals surface area contributed by atoms with E-state index in [4.69, 9.17) is 6.42 Å². The standard InChI is InChI=1S/C22H26N2O2/c1-4-16-18(25)12-15-14-23-19(21(2,3)26)13-17(15)20(16)24-10-8-22(9-11-24)6-5-7-22/h1,13-14,26H,5-12H2,2-3H3. The molecule has 0 unspecified atom stereocenters. The largest absolute Gasteiger partial charge is 0.384 e. The number of ketones is 1. The van der Waals surface area contributed by atoms with Gasteiger partial charge in [0.15, 0.2) is 5.78 Å². The Labute approximate surface area is 155 Å². The van der Waals surface area contributed by atoms with Crippen molar-refractivity contribution in [2.24, 2.45) is 5.41 Å². The molecule has 1 aliphatic heterocycles. The summed E-state index contributed by atoms with van der Waals surface area (Å²) in [5.41, 5.74) is 3.33. The van der Waals surface area contributed by atoms with Gasteiger partial charge in [0.1, 0.15) is 5.60 Å². The number of Topliss-reactive ketones (excluding diaryl/α,β-unsaturated/α-hetero) is 1. The summed E-state index contributed by atoms with van der Waals surface area (Å²) in [7, 11) is 0. The molecule has 0 radical (unpaired) electrons. The Kier molecular flexibility index (Phi) is 3.96. The van der Waals surface area contributed by atoms with Crippen LogP contribution in [0.4, 0.5) is 0 Å². The molecule has 0 amide bonds. The summed E-state index contributed by atoms with van der Waals surface area (Å²) in [5, 5.41) is 10.4. The number of likely N-dealkylation sites (tertiary alicyclic amines) is 1. The molecule has 136 valence electrons. The Morgan fingerprint density at radius 2 is 1.96 bits per heavy atom. The van der Waals surface area contributed by atoms with Crippen molar-refractivity contribution in [1.82, 2.24) is 9.88 Å². The molecule has 26 heavy (non-hydrogen) atoms. The van der Waals surface area contributed by atoms with Crippen molar-refractivity contribution in [1.29, 1.82) is 0 Å². The number of rotatable bonds is 2. The van der Waals surface area contributed by atoms with E-state index in [1.807, 2.05) is 6.07 Å². The Hall–Kier alpha value is -2.12. The first kappa shape index (κ1) is 17.3. The molecular weight excluding hydrogens is 324 g/mol. The SMILES string of the molecule is C#CC1=C(N2CCC3(CCC3)CC2)c2cc(C(C)(C)O)ncc2CC1=O. The number of terminal acetylenes is 1. The van der Waals surface area contributed by atoms with Crippen LogP contribution in [0.15, 0.2) is 17.8 Å². The normalized spacial score (nSPS) is 22.1. The van der Waals surface area contributed by atoms with E-state index >= 15 is 0 Å². The van der Waals surface area contributed by atoms with Crippen molar-refractivity contribution >= 4 is 11.5 Å². The fourth-order valence-electron chi connectivity index (χ4n) is 4.57. The molecule has 2 heterocycles. The molecule has 1 saturated carbocycles. The van der Waals surface area contributed by atoms with Gasteiger partial charge in [-0.25, -0.2) is 0 Å². The molecule has 1 saturated heterocycles. The van der Waals surface area contributed by atoms with Gasteiger partial charge in [-0.2, -0.15) is 0 Å². The molecule has 3 aliphatic rings. The number of allylic oxidation sites excluding steroid dienone is 1. The number of fused-ring (bicyclic) bond motifs is 1. The highest BCUT2D eigenvalue weighted by molar-refractivity contribution is 6.10. The molecule has 4 heteroatoms. The third kappa shape index (κ3) is 2.75. The lowest BCUT2D eigenvalue weighted by molar-refractivity contribution is -0.114. The average molecular weight is 350 g/mol. The molecule has 0 aromatic carbocycles. The van der Waals surface area contributed by atoms with Crippen molar-refractivity contribution in [2.45, 2.75) is 58.0 Å². The molecule has 0 bridgehead atoms. The fourth-order valence-corrected chi connectivity index (χ4v) is 4.57. The second-order valence-corrected chi connectivity index (χ2v) is 8.59. The predicted molar refractivity (Wildman–Crippen MR) is 101 cm³/mol. The first-order chi connectivity index (χ1) is 12.3. The summed E-state index contributed by atoms with van der Waals surface area (Å²) in [6.07, 6.45) is 14.1. The summed E-state index contributed by atoms with van der Waals surface area (Å²) < 4.78 is 0. The van der Waals surface area contributed by atoms with E-state index in [-0.39, 0.29) is 12.2 Å². The molecular formula is C22H26N2O2. The molecule has 2 fully saturated rings. The van der Waals surface area contributed by atoms with Crippen LogP contribution in [0, 0.1) is 17.8 Å². The number of carbonyl (C=O) groups excluding carboxylic acids is 1. The maximum Gasteiger partial charge on any atom is 0.177 e. The van der Waals surface area contributed by atoms with E-state index in [2.05, 4.69) is 15.8 Å². The van der Waals surface area contributed by atoms with Crippen LogP contribution in [0.25, 0.3) is 5.70 Å². The summed E-state index contributed by atoms with van der Waals surface area (Å²) in [4.78, 5) is 19.3. The van der Waals surface area contributed by atoms with Gasteiger partial charge in [0.2, 0.25) is 0 Å². The number of pyridine rings is 1. The number of aliphatic hydroxyl groups is 1. The van der Waals surface area contributed by atoms with Crippen molar-refractivity contribution in [3.05, 3.63) is 34.7 Å². The number of hydrogen-bond donors (Lipinski definition) is 1. The average Bonchev–Trinajstić information content (AvgIpc) is 2.58. The molecule has 4 rings (SSSR count). The van der Waals surface area contributed by atoms with Crippen molar-refractivity contribution in [3.8, 4) is 12.3 Å². The number of piperidine rings is 1. The highest BCUT2D eigenvalue weighted by Gasteiger charge is 2.41.